The van der Waals surface area contributed by atoms with Gasteiger partial charge >= 0.3 is 0 Å². The molecule has 0 amide bonds. The number of thiazole rings is 1. The topological polar surface area (TPSA) is 50.9 Å². The first-order valence-corrected chi connectivity index (χ1v) is 6.29. The lowest BCUT2D eigenvalue weighted by molar-refractivity contribution is 1.17. The van der Waals surface area contributed by atoms with E-state index in [1.807, 2.05) is 11.3 Å². The Bertz CT molecular complexity index is 439. The molecule has 0 saturated heterocycles. The molecule has 0 radical (unpaired) electrons. The van der Waals surface area contributed by atoms with E-state index in [1.54, 1.807) is 6.20 Å². The molecule has 3 N–H and O–H groups in total. The van der Waals surface area contributed by atoms with E-state index in [0.717, 1.165) is 16.7 Å². The number of aryl methyl sites for hydroxylation is 2. The molecule has 0 bridgehead atoms. The molecule has 5 heteroatoms. The second-order valence-electron chi connectivity index (χ2n) is 3.37. The Morgan fingerprint density at radius 3 is 2.73 bits per heavy atom. The van der Waals surface area contributed by atoms with Gasteiger partial charge < -0.3 is 11.1 Å². The van der Waals surface area contributed by atoms with Crippen LogP contribution in [0.2, 0.25) is 0 Å². The normalized spacial score (nSPS) is 10.5. The predicted octanol–water partition coefficient (Wildman–Crippen LogP) is 3.02. The van der Waals surface area contributed by atoms with E-state index in [0.29, 0.717) is 0 Å². The molecule has 0 spiro atoms. The highest BCUT2D eigenvalue weighted by Gasteiger charge is 2.02. The Labute approximate surface area is 97.0 Å². The van der Waals surface area contributed by atoms with Crippen molar-refractivity contribution in [3.8, 4) is 0 Å². The fraction of sp³-hybridized carbons (Fsp3) is 0.300. The van der Waals surface area contributed by atoms with Crippen molar-refractivity contribution in [3.63, 3.8) is 0 Å². The highest BCUT2D eigenvalue weighted by atomic mass is 32.1. The van der Waals surface area contributed by atoms with Crippen molar-refractivity contribution in [3.05, 3.63) is 27.6 Å². The van der Waals surface area contributed by atoms with Crippen LogP contribution in [-0.4, -0.2) is 4.98 Å². The van der Waals surface area contributed by atoms with Crippen LogP contribution in [0.4, 0.5) is 10.1 Å². The number of rotatable bonds is 3. The zero-order valence-corrected chi connectivity index (χ0v) is 10.3. The number of thiophene rings is 1. The van der Waals surface area contributed by atoms with Gasteiger partial charge in [0.05, 0.1) is 12.7 Å². The smallest absolute Gasteiger partial charge is 0.184 e. The van der Waals surface area contributed by atoms with Gasteiger partial charge in [-0.1, -0.05) is 11.3 Å². The van der Waals surface area contributed by atoms with Crippen molar-refractivity contribution in [1.82, 2.24) is 4.98 Å². The van der Waals surface area contributed by atoms with Gasteiger partial charge in [-0.15, -0.1) is 11.3 Å². The molecule has 0 saturated carbocycles. The number of nitrogens with zero attached hydrogens (tertiary/aromatic N) is 1. The first-order valence-electron chi connectivity index (χ1n) is 4.66. The standard InChI is InChI=1S/C10H13N3S2/c1-6-3-8(14-7(6)2)4-12-10-13-5-9(11)15-10/h3,5H,4,11H2,1-2H3,(H,12,13). The highest BCUT2D eigenvalue weighted by Crippen LogP contribution is 2.24. The molecule has 2 rings (SSSR count). The molecule has 0 fully saturated rings. The van der Waals surface area contributed by atoms with Crippen molar-refractivity contribution >= 4 is 32.8 Å². The Balaban J connectivity index is 1.99. The van der Waals surface area contributed by atoms with Crippen LogP contribution >= 0.6 is 22.7 Å². The van der Waals surface area contributed by atoms with E-state index in [1.165, 1.54) is 26.7 Å². The monoisotopic (exact) mass is 239 g/mol. The summed E-state index contributed by atoms with van der Waals surface area (Å²) in [7, 11) is 0. The van der Waals surface area contributed by atoms with E-state index in [9.17, 15) is 0 Å². The average molecular weight is 239 g/mol. The van der Waals surface area contributed by atoms with E-state index < -0.39 is 0 Å². The van der Waals surface area contributed by atoms with Gasteiger partial charge in [-0.3, -0.25) is 0 Å². The Morgan fingerprint density at radius 2 is 2.20 bits per heavy atom. The lowest BCUT2D eigenvalue weighted by atomic mass is 10.3. The highest BCUT2D eigenvalue weighted by molar-refractivity contribution is 7.19. The summed E-state index contributed by atoms with van der Waals surface area (Å²) in [5.74, 6) is 0. The molecule has 80 valence electrons. The second kappa shape index (κ2) is 4.20. The van der Waals surface area contributed by atoms with Crippen molar-refractivity contribution in [2.75, 3.05) is 11.1 Å². The average Bonchev–Trinajstić information content (AvgIpc) is 2.72. The maximum atomic E-state index is 5.59. The number of anilines is 2. The quantitative estimate of drug-likeness (QED) is 0.865. The van der Waals surface area contributed by atoms with Gasteiger partial charge in [0.1, 0.15) is 5.00 Å². The summed E-state index contributed by atoms with van der Waals surface area (Å²) in [5, 5.41) is 4.89. The third-order valence-electron chi connectivity index (χ3n) is 2.15. The van der Waals surface area contributed by atoms with Gasteiger partial charge in [0.2, 0.25) is 0 Å². The minimum atomic E-state index is 0.746. The summed E-state index contributed by atoms with van der Waals surface area (Å²) in [6, 6.07) is 2.21. The molecule has 3 nitrogen and oxygen atoms in total. The number of nitrogens with two attached hydrogens (primary N) is 1. The maximum Gasteiger partial charge on any atom is 0.184 e. The van der Waals surface area contributed by atoms with Gasteiger partial charge in [-0.2, -0.15) is 0 Å². The summed E-state index contributed by atoms with van der Waals surface area (Å²) in [4.78, 5) is 6.86. The molecule has 0 aliphatic carbocycles. The summed E-state index contributed by atoms with van der Waals surface area (Å²) in [6.07, 6.45) is 1.68. The summed E-state index contributed by atoms with van der Waals surface area (Å²) in [6.45, 7) is 5.11. The van der Waals surface area contributed by atoms with Crippen LogP contribution in [0.3, 0.4) is 0 Å². The van der Waals surface area contributed by atoms with Gasteiger partial charge in [-0.25, -0.2) is 4.98 Å². The fourth-order valence-electron chi connectivity index (χ4n) is 1.27. The van der Waals surface area contributed by atoms with E-state index >= 15 is 0 Å². The molecular weight excluding hydrogens is 226 g/mol. The summed E-state index contributed by atoms with van der Waals surface area (Å²) < 4.78 is 0. The van der Waals surface area contributed by atoms with Crippen LogP contribution in [0.15, 0.2) is 12.3 Å². The number of hydrogen-bond donors (Lipinski definition) is 2. The van der Waals surface area contributed by atoms with Crippen LogP contribution < -0.4 is 11.1 Å². The fourth-order valence-corrected chi connectivity index (χ4v) is 2.84. The Kier molecular flexibility index (Phi) is 2.93. The van der Waals surface area contributed by atoms with Gasteiger partial charge in [0.15, 0.2) is 5.13 Å². The van der Waals surface area contributed by atoms with Crippen LogP contribution in [0, 0.1) is 13.8 Å². The third kappa shape index (κ3) is 2.49. The first kappa shape index (κ1) is 10.4. The van der Waals surface area contributed by atoms with Crippen LogP contribution in [0.5, 0.6) is 0 Å². The molecule has 15 heavy (non-hydrogen) atoms. The number of hydrogen-bond acceptors (Lipinski definition) is 5. The van der Waals surface area contributed by atoms with E-state index in [-0.39, 0.29) is 0 Å². The molecule has 0 aliphatic rings. The minimum absolute atomic E-state index is 0.746. The molecule has 2 aromatic rings. The van der Waals surface area contributed by atoms with E-state index in [2.05, 4.69) is 30.2 Å². The summed E-state index contributed by atoms with van der Waals surface area (Å²) >= 11 is 3.30. The van der Waals surface area contributed by atoms with Gasteiger partial charge in [0.25, 0.3) is 0 Å². The predicted molar refractivity (Wildman–Crippen MR) is 67.6 cm³/mol. The van der Waals surface area contributed by atoms with Crippen LogP contribution in [0.1, 0.15) is 15.3 Å². The van der Waals surface area contributed by atoms with Crippen LogP contribution in [0.25, 0.3) is 0 Å². The van der Waals surface area contributed by atoms with Crippen molar-refractivity contribution in [2.45, 2.75) is 20.4 Å². The zero-order valence-electron chi connectivity index (χ0n) is 8.70. The van der Waals surface area contributed by atoms with E-state index in [4.69, 9.17) is 5.73 Å². The van der Waals surface area contributed by atoms with Crippen molar-refractivity contribution in [2.24, 2.45) is 0 Å². The van der Waals surface area contributed by atoms with Crippen molar-refractivity contribution < 1.29 is 0 Å². The molecule has 0 aromatic carbocycles. The summed E-state index contributed by atoms with van der Waals surface area (Å²) in [5.41, 5.74) is 6.95. The van der Waals surface area contributed by atoms with Crippen LogP contribution in [-0.2, 0) is 6.54 Å². The SMILES string of the molecule is Cc1cc(CNc2ncc(N)s2)sc1C. The number of nitrogen functional groups attached to an aromatic ring is 1. The maximum absolute atomic E-state index is 5.59. The Morgan fingerprint density at radius 1 is 1.40 bits per heavy atom. The molecule has 0 unspecified atom stereocenters. The molecular formula is C10H13N3S2. The third-order valence-corrected chi connectivity index (χ3v) is 4.09. The van der Waals surface area contributed by atoms with Crippen molar-refractivity contribution in [1.29, 1.82) is 0 Å². The zero-order chi connectivity index (χ0) is 10.8. The molecule has 0 aliphatic heterocycles. The minimum Gasteiger partial charge on any atom is -0.389 e. The lowest BCUT2D eigenvalue weighted by Gasteiger charge is -1.98. The second-order valence-corrected chi connectivity index (χ2v) is 5.78. The molecule has 2 heterocycles. The largest absolute Gasteiger partial charge is 0.389 e. The number of aromatic nitrogens is 1. The number of nitrogens with one attached hydrogen (secondary N) is 1. The molecule has 2 aromatic heterocycles. The lowest BCUT2D eigenvalue weighted by Crippen LogP contribution is -1.95. The molecule has 0 atom stereocenters. The Hall–Kier alpha value is -1.07. The van der Waals surface area contributed by atoms with Gasteiger partial charge in [-0.05, 0) is 25.5 Å². The van der Waals surface area contributed by atoms with Gasteiger partial charge in [0, 0.05) is 9.75 Å². The first-order chi connectivity index (χ1) is 7.15.